The van der Waals surface area contributed by atoms with E-state index in [2.05, 4.69) is 67.0 Å². The molecule has 0 bridgehead atoms. The number of rotatable bonds is 35. The van der Waals surface area contributed by atoms with Gasteiger partial charge in [0.25, 0.3) is 0 Å². The van der Waals surface area contributed by atoms with Gasteiger partial charge in [-0.2, -0.15) is 0 Å². The highest BCUT2D eigenvalue weighted by atomic mass is 31.2. The zero-order chi connectivity index (χ0) is 34.5. The van der Waals surface area contributed by atoms with Crippen LogP contribution in [-0.4, -0.2) is 41.7 Å². The second-order valence-electron chi connectivity index (χ2n) is 12.6. The van der Waals surface area contributed by atoms with E-state index in [0.29, 0.717) is 13.0 Å². The van der Waals surface area contributed by atoms with Crippen LogP contribution < -0.4 is 0 Å². The first-order valence-corrected chi connectivity index (χ1v) is 20.5. The molecule has 0 aliphatic heterocycles. The van der Waals surface area contributed by atoms with Crippen molar-refractivity contribution in [2.45, 2.75) is 174 Å². The summed E-state index contributed by atoms with van der Waals surface area (Å²) in [5.74, 6) is -0.416. The Morgan fingerprint density at radius 2 is 1.00 bits per heavy atom. The first-order valence-electron chi connectivity index (χ1n) is 19.0. The maximum absolute atomic E-state index is 12.3. The van der Waals surface area contributed by atoms with E-state index >= 15 is 0 Å². The van der Waals surface area contributed by atoms with Crippen molar-refractivity contribution in [3.63, 3.8) is 0 Å². The molecule has 8 heteroatoms. The zero-order valence-corrected chi connectivity index (χ0v) is 31.1. The lowest BCUT2D eigenvalue weighted by Gasteiger charge is -2.18. The smallest absolute Gasteiger partial charge is 0.457 e. The molecule has 0 spiro atoms. The molecule has 0 heterocycles. The Bertz CT molecular complexity index is 846. The molecule has 0 unspecified atom stereocenters. The van der Waals surface area contributed by atoms with Gasteiger partial charge in [-0.1, -0.05) is 159 Å². The molecular formula is C39H71O7P. The van der Waals surface area contributed by atoms with Crippen LogP contribution in [0.2, 0.25) is 0 Å². The number of phosphoric ester groups is 1. The molecule has 0 aromatic rings. The molecule has 0 aliphatic rings. The third-order valence-electron chi connectivity index (χ3n) is 7.88. The van der Waals surface area contributed by atoms with Crippen molar-refractivity contribution in [3.05, 3.63) is 48.6 Å². The Morgan fingerprint density at radius 1 is 0.574 bits per heavy atom. The molecule has 2 N–H and O–H groups in total. The van der Waals surface area contributed by atoms with Gasteiger partial charge in [-0.25, -0.2) is 4.57 Å². The first-order chi connectivity index (χ1) is 22.9. The fraction of sp³-hybridized carbons (Fsp3) is 0.769. The highest BCUT2D eigenvalue weighted by Crippen LogP contribution is 2.35. The van der Waals surface area contributed by atoms with E-state index in [1.54, 1.807) is 0 Å². The van der Waals surface area contributed by atoms with Crippen LogP contribution in [-0.2, 0) is 23.4 Å². The highest BCUT2D eigenvalue weighted by Gasteiger charge is 2.21. The zero-order valence-electron chi connectivity index (χ0n) is 30.2. The molecule has 1 atom stereocenters. The molecule has 0 aromatic heterocycles. The Hall–Kier alpha value is -1.50. The lowest BCUT2D eigenvalue weighted by Crippen LogP contribution is -2.28. The Kier molecular flexibility index (Phi) is 34.7. The highest BCUT2D eigenvalue weighted by molar-refractivity contribution is 7.46. The summed E-state index contributed by atoms with van der Waals surface area (Å²) in [6.45, 7) is 4.67. The van der Waals surface area contributed by atoms with E-state index in [1.165, 1.54) is 103 Å². The lowest BCUT2D eigenvalue weighted by atomic mass is 10.0. The molecule has 274 valence electrons. The van der Waals surface area contributed by atoms with Crippen LogP contribution in [0.3, 0.4) is 0 Å². The van der Waals surface area contributed by atoms with Crippen molar-refractivity contribution in [1.29, 1.82) is 0 Å². The molecular weight excluding hydrogens is 611 g/mol. The quantitative estimate of drug-likeness (QED) is 0.0297. The van der Waals surface area contributed by atoms with E-state index in [0.717, 1.165) is 38.5 Å². The van der Waals surface area contributed by atoms with Crippen molar-refractivity contribution in [2.24, 2.45) is 0 Å². The van der Waals surface area contributed by atoms with Crippen LogP contribution in [0.5, 0.6) is 0 Å². The van der Waals surface area contributed by atoms with Crippen molar-refractivity contribution in [2.75, 3.05) is 19.8 Å². The van der Waals surface area contributed by atoms with Gasteiger partial charge >= 0.3 is 13.8 Å². The predicted molar refractivity (Wildman–Crippen MR) is 197 cm³/mol. The molecule has 7 nitrogen and oxygen atoms in total. The third kappa shape index (κ3) is 38.8. The average Bonchev–Trinajstić information content (AvgIpc) is 3.04. The number of unbranched alkanes of at least 4 members (excludes halogenated alkanes) is 17. The maximum Gasteiger partial charge on any atom is 0.469 e. The molecule has 47 heavy (non-hydrogen) atoms. The average molecular weight is 683 g/mol. The fourth-order valence-electron chi connectivity index (χ4n) is 5.08. The largest absolute Gasteiger partial charge is 0.469 e. The van der Waals surface area contributed by atoms with Gasteiger partial charge in [-0.15, -0.1) is 0 Å². The summed E-state index contributed by atoms with van der Waals surface area (Å²) in [5, 5.41) is 0. The fourth-order valence-corrected chi connectivity index (χ4v) is 5.44. The number of carbonyl (C=O) groups is 1. The van der Waals surface area contributed by atoms with Gasteiger partial charge in [-0.05, 0) is 51.4 Å². The maximum atomic E-state index is 12.3. The monoisotopic (exact) mass is 682 g/mol. The third-order valence-corrected chi connectivity index (χ3v) is 8.37. The van der Waals surface area contributed by atoms with Gasteiger partial charge in [-0.3, -0.25) is 9.32 Å². The van der Waals surface area contributed by atoms with Crippen LogP contribution >= 0.6 is 7.82 Å². The van der Waals surface area contributed by atoms with Gasteiger partial charge in [0.1, 0.15) is 6.10 Å². The van der Waals surface area contributed by atoms with E-state index in [-0.39, 0.29) is 13.0 Å². The van der Waals surface area contributed by atoms with Gasteiger partial charge in [0.2, 0.25) is 0 Å². The summed E-state index contributed by atoms with van der Waals surface area (Å²) in [6, 6.07) is 0. The molecule has 0 rings (SSSR count). The summed E-state index contributed by atoms with van der Waals surface area (Å²) >= 11 is 0. The van der Waals surface area contributed by atoms with Gasteiger partial charge in [0.15, 0.2) is 0 Å². The minimum atomic E-state index is -4.66. The Labute approximate surface area is 288 Å². The van der Waals surface area contributed by atoms with Crippen molar-refractivity contribution < 1.29 is 33.1 Å². The van der Waals surface area contributed by atoms with Crippen LogP contribution in [0.4, 0.5) is 0 Å². The topological polar surface area (TPSA) is 102 Å². The number of hydrogen-bond acceptors (Lipinski definition) is 5. The molecule has 0 saturated heterocycles. The summed E-state index contributed by atoms with van der Waals surface area (Å²) in [6.07, 6.45) is 43.9. The number of esters is 1. The first kappa shape index (κ1) is 45.5. The van der Waals surface area contributed by atoms with Crippen LogP contribution in [0, 0.1) is 0 Å². The summed E-state index contributed by atoms with van der Waals surface area (Å²) < 4.78 is 26.9. The van der Waals surface area contributed by atoms with Crippen LogP contribution in [0.25, 0.3) is 0 Å². The second kappa shape index (κ2) is 35.8. The van der Waals surface area contributed by atoms with Gasteiger partial charge in [0.05, 0.1) is 13.2 Å². The summed E-state index contributed by atoms with van der Waals surface area (Å²) in [4.78, 5) is 30.5. The van der Waals surface area contributed by atoms with E-state index in [1.807, 2.05) is 0 Å². The Morgan fingerprint density at radius 3 is 1.49 bits per heavy atom. The number of allylic oxidation sites excluding steroid dienone is 8. The van der Waals surface area contributed by atoms with E-state index < -0.39 is 26.5 Å². The predicted octanol–water partition coefficient (Wildman–Crippen LogP) is 11.7. The Balaban J connectivity index is 3.95. The van der Waals surface area contributed by atoms with E-state index in [4.69, 9.17) is 19.3 Å². The molecule has 0 fully saturated rings. The molecule has 0 aromatic carbocycles. The van der Waals surface area contributed by atoms with Crippen LogP contribution in [0.15, 0.2) is 48.6 Å². The SMILES string of the molecule is CCCCCC=CCC=CCC=CCC=CCCCC(=O)O[C@H](COCCCCCCCCCCCCCCCC)COP(=O)(O)O. The minimum absolute atomic E-state index is 0.0569. The van der Waals surface area contributed by atoms with Crippen molar-refractivity contribution >= 4 is 13.8 Å². The second-order valence-corrected chi connectivity index (χ2v) is 13.8. The number of phosphoric acid groups is 1. The summed E-state index contributed by atoms with van der Waals surface area (Å²) in [5.41, 5.74) is 0. The van der Waals surface area contributed by atoms with Gasteiger partial charge in [0, 0.05) is 13.0 Å². The number of hydrogen-bond donors (Lipinski definition) is 2. The summed E-state index contributed by atoms with van der Waals surface area (Å²) in [7, 11) is -4.66. The number of ether oxygens (including phenoxy) is 2. The van der Waals surface area contributed by atoms with Gasteiger partial charge < -0.3 is 19.3 Å². The number of carbonyl (C=O) groups excluding carboxylic acids is 1. The molecule has 0 saturated carbocycles. The standard InChI is InChI=1S/C39H71O7P/c1-3-5-7-9-11-13-15-17-19-20-21-22-24-26-28-30-32-34-39(40)46-38(37-45-47(41,42)43)36-44-35-33-31-29-27-25-23-18-16-14-12-10-8-6-4-2/h11,13,17,19,21-22,26,28,38H,3-10,12,14-16,18,20,23-25,27,29-37H2,1-2H3,(H2,41,42,43)/t38-/m1/s1. The lowest BCUT2D eigenvalue weighted by molar-refractivity contribution is -0.154. The van der Waals surface area contributed by atoms with Crippen molar-refractivity contribution in [3.8, 4) is 0 Å². The van der Waals surface area contributed by atoms with Crippen molar-refractivity contribution in [1.82, 2.24) is 0 Å². The molecule has 0 amide bonds. The van der Waals surface area contributed by atoms with Crippen LogP contribution in [0.1, 0.15) is 168 Å². The normalized spacial score (nSPS) is 13.2. The minimum Gasteiger partial charge on any atom is -0.457 e. The molecule has 0 aliphatic carbocycles. The van der Waals surface area contributed by atoms with E-state index in [9.17, 15) is 9.36 Å². The molecule has 0 radical (unpaired) electrons.